The quantitative estimate of drug-likeness (QED) is 0.615. The average Bonchev–Trinajstić information content (AvgIpc) is 2.48. The van der Waals surface area contributed by atoms with E-state index in [-0.39, 0.29) is 29.8 Å². The number of carbonyl (C=O) groups excluding carboxylic acids is 2. The molecule has 0 N–H and O–H groups in total. The Labute approximate surface area is 122 Å². The van der Waals surface area contributed by atoms with Crippen molar-refractivity contribution in [2.75, 3.05) is 13.1 Å². The van der Waals surface area contributed by atoms with E-state index in [0.717, 1.165) is 12.0 Å². The molecule has 2 rings (SSSR count). The number of non-ortho nitro benzene ring substituents is 1. The molecular weight excluding hydrogens is 272 g/mol. The molecule has 1 atom stereocenters. The van der Waals surface area contributed by atoms with Gasteiger partial charge in [-0.1, -0.05) is 19.9 Å². The van der Waals surface area contributed by atoms with Crippen LogP contribution in [-0.2, 0) is 11.2 Å². The van der Waals surface area contributed by atoms with Crippen LogP contribution < -0.4 is 0 Å². The Bertz CT molecular complexity index is 597. The number of ketones is 1. The van der Waals surface area contributed by atoms with E-state index < -0.39 is 4.92 Å². The number of hydrogen-bond acceptors (Lipinski definition) is 4. The van der Waals surface area contributed by atoms with E-state index in [2.05, 4.69) is 0 Å². The number of carbonyl (C=O) groups is 2. The molecule has 1 unspecified atom stereocenters. The Morgan fingerprint density at radius 1 is 1.48 bits per heavy atom. The number of Topliss-reactive ketones (excluding diaryl/α,β-unsaturated/α-hetero) is 1. The SMILES string of the molecule is CCC(C)C(=O)CN1CCc2ccc([N+](=O)[O-])cc2C1=O. The highest BCUT2D eigenvalue weighted by atomic mass is 16.6. The van der Waals surface area contributed by atoms with Crippen LogP contribution in [0.2, 0.25) is 0 Å². The topological polar surface area (TPSA) is 80.5 Å². The van der Waals surface area contributed by atoms with Gasteiger partial charge >= 0.3 is 0 Å². The summed E-state index contributed by atoms with van der Waals surface area (Å²) in [6.45, 7) is 4.33. The monoisotopic (exact) mass is 290 g/mol. The van der Waals surface area contributed by atoms with Gasteiger partial charge in [0.15, 0.2) is 5.78 Å². The number of amides is 1. The largest absolute Gasteiger partial charge is 0.331 e. The predicted octanol–water partition coefficient (Wildman–Crippen LogP) is 2.21. The van der Waals surface area contributed by atoms with Crippen LogP contribution in [0, 0.1) is 16.0 Å². The van der Waals surface area contributed by atoms with Gasteiger partial charge in [-0.3, -0.25) is 19.7 Å². The summed E-state index contributed by atoms with van der Waals surface area (Å²) in [5.74, 6) is -0.347. The molecule has 6 nitrogen and oxygen atoms in total. The standard InChI is InChI=1S/C15H18N2O4/c1-3-10(2)14(18)9-16-7-6-11-4-5-12(17(20)21)8-13(11)15(16)19/h4-5,8,10H,3,6-7,9H2,1-2H3. The number of nitro groups is 1. The predicted molar refractivity (Wildman–Crippen MR) is 77.2 cm³/mol. The summed E-state index contributed by atoms with van der Waals surface area (Å²) in [4.78, 5) is 36.1. The Hall–Kier alpha value is -2.24. The van der Waals surface area contributed by atoms with E-state index in [1.165, 1.54) is 17.0 Å². The zero-order valence-corrected chi connectivity index (χ0v) is 12.2. The second-order valence-electron chi connectivity index (χ2n) is 5.35. The fourth-order valence-corrected chi connectivity index (χ4v) is 2.34. The fourth-order valence-electron chi connectivity index (χ4n) is 2.34. The smallest absolute Gasteiger partial charge is 0.270 e. The van der Waals surface area contributed by atoms with Crippen molar-refractivity contribution >= 4 is 17.4 Å². The molecule has 21 heavy (non-hydrogen) atoms. The molecule has 0 aliphatic carbocycles. The summed E-state index contributed by atoms with van der Waals surface area (Å²) in [6.07, 6.45) is 1.36. The highest BCUT2D eigenvalue weighted by molar-refractivity contribution is 5.99. The first-order chi connectivity index (χ1) is 9.93. The van der Waals surface area contributed by atoms with Crippen LogP contribution in [0.15, 0.2) is 18.2 Å². The highest BCUT2D eigenvalue weighted by Gasteiger charge is 2.28. The van der Waals surface area contributed by atoms with Crippen molar-refractivity contribution in [1.29, 1.82) is 0 Å². The lowest BCUT2D eigenvalue weighted by Gasteiger charge is -2.28. The Morgan fingerprint density at radius 2 is 2.19 bits per heavy atom. The molecule has 1 heterocycles. The van der Waals surface area contributed by atoms with Crippen LogP contribution in [-0.4, -0.2) is 34.6 Å². The first kappa shape index (κ1) is 15.2. The van der Waals surface area contributed by atoms with Crippen molar-refractivity contribution in [3.63, 3.8) is 0 Å². The number of nitrogens with zero attached hydrogens (tertiary/aromatic N) is 2. The molecule has 112 valence electrons. The third-order valence-electron chi connectivity index (χ3n) is 3.98. The fraction of sp³-hybridized carbons (Fsp3) is 0.467. The lowest BCUT2D eigenvalue weighted by atomic mass is 9.97. The van der Waals surface area contributed by atoms with Gasteiger partial charge in [0.2, 0.25) is 0 Å². The second-order valence-corrected chi connectivity index (χ2v) is 5.35. The van der Waals surface area contributed by atoms with Crippen molar-refractivity contribution < 1.29 is 14.5 Å². The number of rotatable bonds is 5. The second kappa shape index (κ2) is 6.03. The third kappa shape index (κ3) is 3.09. The molecular formula is C15H18N2O4. The minimum Gasteiger partial charge on any atom is -0.331 e. The molecule has 1 amide bonds. The van der Waals surface area contributed by atoms with Crippen LogP contribution in [0.1, 0.15) is 36.2 Å². The van der Waals surface area contributed by atoms with Crippen molar-refractivity contribution in [1.82, 2.24) is 4.90 Å². The Kier molecular flexibility index (Phi) is 4.35. The summed E-state index contributed by atoms with van der Waals surface area (Å²) in [5.41, 5.74) is 1.04. The Morgan fingerprint density at radius 3 is 2.81 bits per heavy atom. The van der Waals surface area contributed by atoms with Crippen molar-refractivity contribution in [3.05, 3.63) is 39.4 Å². The normalized spacial score (nSPS) is 15.5. The van der Waals surface area contributed by atoms with Gasteiger partial charge in [-0.15, -0.1) is 0 Å². The third-order valence-corrected chi connectivity index (χ3v) is 3.98. The molecule has 0 saturated heterocycles. The Balaban J connectivity index is 2.21. The maximum Gasteiger partial charge on any atom is 0.270 e. The molecule has 1 aliphatic heterocycles. The van der Waals surface area contributed by atoms with Gasteiger partial charge in [0.05, 0.1) is 11.5 Å². The van der Waals surface area contributed by atoms with Gasteiger partial charge in [0.25, 0.3) is 11.6 Å². The molecule has 0 fully saturated rings. The van der Waals surface area contributed by atoms with E-state index in [9.17, 15) is 19.7 Å². The lowest BCUT2D eigenvalue weighted by Crippen LogP contribution is -2.42. The molecule has 0 saturated carbocycles. The summed E-state index contributed by atoms with van der Waals surface area (Å²) in [5, 5.41) is 10.8. The van der Waals surface area contributed by atoms with Crippen LogP contribution in [0.5, 0.6) is 0 Å². The van der Waals surface area contributed by atoms with E-state index in [0.29, 0.717) is 18.5 Å². The van der Waals surface area contributed by atoms with E-state index in [4.69, 9.17) is 0 Å². The maximum atomic E-state index is 12.4. The summed E-state index contributed by atoms with van der Waals surface area (Å²) >= 11 is 0. The molecule has 6 heteroatoms. The zero-order valence-electron chi connectivity index (χ0n) is 12.2. The van der Waals surface area contributed by atoms with Crippen LogP contribution in [0.25, 0.3) is 0 Å². The molecule has 0 spiro atoms. The molecule has 1 aromatic carbocycles. The minimum atomic E-state index is -0.517. The molecule has 0 bridgehead atoms. The van der Waals surface area contributed by atoms with Gasteiger partial charge < -0.3 is 4.90 Å². The average molecular weight is 290 g/mol. The van der Waals surface area contributed by atoms with Crippen molar-refractivity contribution in [2.24, 2.45) is 5.92 Å². The number of benzene rings is 1. The highest BCUT2D eigenvalue weighted by Crippen LogP contribution is 2.24. The lowest BCUT2D eigenvalue weighted by molar-refractivity contribution is -0.384. The van der Waals surface area contributed by atoms with Crippen LogP contribution in [0.3, 0.4) is 0 Å². The molecule has 0 aromatic heterocycles. The van der Waals surface area contributed by atoms with Crippen LogP contribution >= 0.6 is 0 Å². The molecule has 1 aliphatic rings. The van der Waals surface area contributed by atoms with Gasteiger partial charge in [0.1, 0.15) is 0 Å². The minimum absolute atomic E-state index is 0.0275. The number of hydrogen-bond donors (Lipinski definition) is 0. The van der Waals surface area contributed by atoms with Crippen molar-refractivity contribution in [2.45, 2.75) is 26.7 Å². The first-order valence-corrected chi connectivity index (χ1v) is 7.03. The summed E-state index contributed by atoms with van der Waals surface area (Å²) < 4.78 is 0. The van der Waals surface area contributed by atoms with Crippen molar-refractivity contribution in [3.8, 4) is 0 Å². The molecule has 0 radical (unpaired) electrons. The molecule has 1 aromatic rings. The van der Waals surface area contributed by atoms with Gasteiger partial charge in [0, 0.05) is 30.2 Å². The van der Waals surface area contributed by atoms with Gasteiger partial charge in [-0.2, -0.15) is 0 Å². The van der Waals surface area contributed by atoms with Crippen LogP contribution in [0.4, 0.5) is 5.69 Å². The van der Waals surface area contributed by atoms with E-state index >= 15 is 0 Å². The zero-order chi connectivity index (χ0) is 15.6. The van der Waals surface area contributed by atoms with Gasteiger partial charge in [-0.25, -0.2) is 0 Å². The maximum absolute atomic E-state index is 12.4. The first-order valence-electron chi connectivity index (χ1n) is 7.03. The van der Waals surface area contributed by atoms with Gasteiger partial charge in [-0.05, 0) is 18.4 Å². The summed E-state index contributed by atoms with van der Waals surface area (Å²) in [7, 11) is 0. The van der Waals surface area contributed by atoms with E-state index in [1.54, 1.807) is 6.07 Å². The number of nitro benzene ring substituents is 1. The van der Waals surface area contributed by atoms with E-state index in [1.807, 2.05) is 13.8 Å². The number of fused-ring (bicyclic) bond motifs is 1. The summed E-state index contributed by atoms with van der Waals surface area (Å²) in [6, 6.07) is 4.34.